The molecule has 0 bridgehead atoms. The summed E-state index contributed by atoms with van der Waals surface area (Å²) in [6.07, 6.45) is 0. The third-order valence-corrected chi connectivity index (χ3v) is 3.46. The summed E-state index contributed by atoms with van der Waals surface area (Å²) in [5.74, 6) is -1.17. The summed E-state index contributed by atoms with van der Waals surface area (Å²) in [6.45, 7) is -0.445. The van der Waals surface area contributed by atoms with E-state index < -0.39 is 28.6 Å². The van der Waals surface area contributed by atoms with Crippen LogP contribution in [0.1, 0.15) is 5.56 Å². The number of urea groups is 1. The van der Waals surface area contributed by atoms with Gasteiger partial charge in [-0.2, -0.15) is 0 Å². The highest BCUT2D eigenvalue weighted by Crippen LogP contribution is 2.11. The Kier molecular flexibility index (Phi) is 5.36. The van der Waals surface area contributed by atoms with Crippen molar-refractivity contribution in [2.45, 2.75) is 11.4 Å². The molecule has 0 aromatic heterocycles. The summed E-state index contributed by atoms with van der Waals surface area (Å²) in [5, 5.41) is 15.5. The number of rotatable bonds is 5. The van der Waals surface area contributed by atoms with Crippen LogP contribution >= 0.6 is 12.8 Å². The number of hydrogen-bond acceptors (Lipinski definition) is 5. The van der Waals surface area contributed by atoms with Crippen molar-refractivity contribution < 1.29 is 23.1 Å². The van der Waals surface area contributed by atoms with Gasteiger partial charge < -0.3 is 10.4 Å². The molecule has 1 aromatic carbocycles. The number of amides is 2. The molecule has 0 radical (unpaired) electrons. The minimum absolute atomic E-state index is 0.0395. The number of hydrogen-bond donors (Lipinski definition) is 4. The van der Waals surface area contributed by atoms with E-state index in [2.05, 4.69) is 18.1 Å². The van der Waals surface area contributed by atoms with Crippen LogP contribution in [0, 0.1) is 0 Å². The molecule has 2 amide bonds. The fourth-order valence-corrected chi connectivity index (χ4v) is 2.02. The van der Waals surface area contributed by atoms with Crippen LogP contribution in [0.2, 0.25) is 0 Å². The van der Waals surface area contributed by atoms with Gasteiger partial charge in [0, 0.05) is 0 Å². The van der Waals surface area contributed by atoms with Crippen molar-refractivity contribution in [2.75, 3.05) is 6.54 Å². The molecule has 0 spiro atoms. The van der Waals surface area contributed by atoms with Crippen molar-refractivity contribution >= 4 is 34.8 Å². The van der Waals surface area contributed by atoms with Crippen molar-refractivity contribution in [1.82, 2.24) is 9.62 Å². The summed E-state index contributed by atoms with van der Waals surface area (Å²) >= 11 is 3.91. The highest BCUT2D eigenvalue weighted by atomic mass is 32.2. The Bertz CT molecular complexity index is 600. The number of thiol groups is 1. The predicted molar refractivity (Wildman–Crippen MR) is 73.4 cm³/mol. The maximum Gasteiger partial charge on any atom is 0.328 e. The molecule has 0 aliphatic heterocycles. The lowest BCUT2D eigenvalue weighted by atomic mass is 10.2. The Morgan fingerprint density at radius 1 is 1.30 bits per heavy atom. The number of carboxylic acid groups (broad SMARTS) is 1. The summed E-state index contributed by atoms with van der Waals surface area (Å²) < 4.78 is 23.1. The maximum atomic E-state index is 11.4. The average molecular weight is 319 g/mol. The summed E-state index contributed by atoms with van der Waals surface area (Å²) in [5.41, 5.74) is 0.609. The average Bonchev–Trinajstić information content (AvgIpc) is 2.35. The van der Waals surface area contributed by atoms with E-state index in [1.54, 1.807) is 0 Å². The molecule has 10 heteroatoms. The number of carbonyl (C=O) groups excluding carboxylic acids is 1. The van der Waals surface area contributed by atoms with Crippen molar-refractivity contribution in [3.8, 4) is 0 Å². The summed E-state index contributed by atoms with van der Waals surface area (Å²) in [6, 6.07) is 4.90. The molecule has 0 fully saturated rings. The molecule has 0 saturated heterocycles. The van der Waals surface area contributed by atoms with Crippen LogP contribution in [-0.4, -0.2) is 36.4 Å². The van der Waals surface area contributed by atoms with Crippen molar-refractivity contribution in [3.63, 3.8) is 0 Å². The van der Waals surface area contributed by atoms with Gasteiger partial charge in [-0.3, -0.25) is 9.10 Å². The van der Waals surface area contributed by atoms with Crippen LogP contribution in [0.25, 0.3) is 0 Å². The first-order valence-electron chi connectivity index (χ1n) is 5.28. The van der Waals surface area contributed by atoms with Crippen LogP contribution in [0.3, 0.4) is 0 Å². The number of primary sulfonamides is 1. The molecule has 0 saturated carbocycles. The van der Waals surface area contributed by atoms with Gasteiger partial charge in [-0.1, -0.05) is 24.9 Å². The van der Waals surface area contributed by atoms with Gasteiger partial charge in [0.25, 0.3) is 0 Å². The number of sulfonamides is 1. The second-order valence-corrected chi connectivity index (χ2v) is 5.84. The lowest BCUT2D eigenvalue weighted by molar-refractivity contribution is -0.135. The van der Waals surface area contributed by atoms with E-state index in [4.69, 9.17) is 10.2 Å². The highest BCUT2D eigenvalue weighted by Gasteiger charge is 2.12. The topological polar surface area (TPSA) is 130 Å². The minimum Gasteiger partial charge on any atom is -0.480 e. The second-order valence-electron chi connectivity index (χ2n) is 3.80. The van der Waals surface area contributed by atoms with Gasteiger partial charge in [0.2, 0.25) is 10.0 Å². The zero-order valence-electron chi connectivity index (χ0n) is 10.2. The fraction of sp³-hybridized carbons (Fsp3) is 0.200. The van der Waals surface area contributed by atoms with Gasteiger partial charge in [-0.25, -0.2) is 18.4 Å². The fourth-order valence-electron chi connectivity index (χ4n) is 1.27. The van der Waals surface area contributed by atoms with Gasteiger partial charge in [0.1, 0.15) is 6.54 Å². The van der Waals surface area contributed by atoms with Crippen molar-refractivity contribution in [2.24, 2.45) is 5.14 Å². The van der Waals surface area contributed by atoms with Crippen LogP contribution < -0.4 is 10.5 Å². The molecular weight excluding hydrogens is 306 g/mol. The molecule has 110 valence electrons. The van der Waals surface area contributed by atoms with Gasteiger partial charge in [0.15, 0.2) is 0 Å². The van der Waals surface area contributed by atoms with E-state index in [1.807, 2.05) is 0 Å². The normalized spacial score (nSPS) is 10.9. The lowest BCUT2D eigenvalue weighted by Gasteiger charge is -2.15. The van der Waals surface area contributed by atoms with E-state index in [0.29, 0.717) is 5.56 Å². The molecule has 0 unspecified atom stereocenters. The second kappa shape index (κ2) is 6.59. The lowest BCUT2D eigenvalue weighted by Crippen LogP contribution is -2.36. The summed E-state index contributed by atoms with van der Waals surface area (Å²) in [7, 11) is -3.76. The number of nitrogens with two attached hydrogens (primary N) is 1. The Morgan fingerprint density at radius 3 is 2.30 bits per heavy atom. The molecule has 1 rings (SSSR count). The Labute approximate surface area is 121 Å². The molecule has 0 atom stereocenters. The minimum atomic E-state index is -3.76. The van der Waals surface area contributed by atoms with Gasteiger partial charge in [-0.15, -0.1) is 0 Å². The van der Waals surface area contributed by atoms with Crippen LogP contribution in [0.15, 0.2) is 29.2 Å². The van der Waals surface area contributed by atoms with Crippen LogP contribution in [0.4, 0.5) is 4.79 Å². The number of aliphatic carboxylic acids is 1. The largest absolute Gasteiger partial charge is 0.480 e. The number of carboxylic acids is 1. The van der Waals surface area contributed by atoms with Crippen molar-refractivity contribution in [3.05, 3.63) is 29.8 Å². The SMILES string of the molecule is NS(=O)(=O)c1ccc(CN(S)C(=O)NCC(=O)O)cc1. The monoisotopic (exact) mass is 319 g/mol. The third-order valence-electron chi connectivity index (χ3n) is 2.21. The smallest absolute Gasteiger partial charge is 0.328 e. The Hall–Kier alpha value is -1.78. The molecule has 0 heterocycles. The van der Waals surface area contributed by atoms with Gasteiger partial charge in [-0.05, 0) is 17.7 Å². The predicted octanol–water partition coefficient (Wildman–Crippen LogP) is -0.225. The van der Waals surface area contributed by atoms with E-state index in [0.717, 1.165) is 4.31 Å². The molecule has 20 heavy (non-hydrogen) atoms. The quantitative estimate of drug-likeness (QED) is 0.557. The van der Waals surface area contributed by atoms with Gasteiger partial charge in [0.05, 0.1) is 11.4 Å². The number of nitrogens with one attached hydrogen (secondary N) is 1. The molecule has 1 aromatic rings. The van der Waals surface area contributed by atoms with Gasteiger partial charge >= 0.3 is 12.0 Å². The molecular formula is C10H13N3O5S2. The molecule has 4 N–H and O–H groups in total. The zero-order chi connectivity index (χ0) is 15.3. The molecule has 0 aliphatic carbocycles. The standard InChI is InChI=1S/C10H13N3O5S2/c11-20(17,18)8-3-1-7(2-4-8)6-13(19)10(16)12-5-9(14)15/h1-4,19H,5-6H2,(H,12,16)(H,14,15)(H2,11,17,18). The first-order chi connectivity index (χ1) is 9.20. The van der Waals surface area contributed by atoms with E-state index in [1.165, 1.54) is 24.3 Å². The van der Waals surface area contributed by atoms with Crippen LogP contribution in [0.5, 0.6) is 0 Å². The third kappa shape index (κ3) is 5.07. The molecule has 8 nitrogen and oxygen atoms in total. The first kappa shape index (κ1) is 16.3. The molecule has 0 aliphatic rings. The number of benzene rings is 1. The maximum absolute atomic E-state index is 11.4. The first-order valence-corrected chi connectivity index (χ1v) is 7.22. The zero-order valence-corrected chi connectivity index (χ0v) is 11.9. The summed E-state index contributed by atoms with van der Waals surface area (Å²) in [4.78, 5) is 21.7. The number of carbonyl (C=O) groups is 2. The van der Waals surface area contributed by atoms with E-state index >= 15 is 0 Å². The Balaban J connectivity index is 2.64. The highest BCUT2D eigenvalue weighted by molar-refractivity contribution is 7.89. The van der Waals surface area contributed by atoms with E-state index in [-0.39, 0.29) is 11.4 Å². The van der Waals surface area contributed by atoms with Crippen LogP contribution in [-0.2, 0) is 21.4 Å². The number of nitrogens with zero attached hydrogens (tertiary/aromatic N) is 1. The van der Waals surface area contributed by atoms with Crippen molar-refractivity contribution in [1.29, 1.82) is 0 Å². The Morgan fingerprint density at radius 2 is 1.85 bits per heavy atom. The van der Waals surface area contributed by atoms with E-state index in [9.17, 15) is 18.0 Å².